The van der Waals surface area contributed by atoms with Gasteiger partial charge in [0.2, 0.25) is 5.96 Å². The molecular formula is C8H16N4O2. The Labute approximate surface area is 82.8 Å². The van der Waals surface area contributed by atoms with E-state index in [1.807, 2.05) is 13.8 Å². The Bertz CT molecular complexity index is 252. The van der Waals surface area contributed by atoms with Crippen LogP contribution in [0.15, 0.2) is 4.99 Å². The monoisotopic (exact) mass is 200 g/mol. The lowest BCUT2D eigenvalue weighted by atomic mass is 10.0. The maximum Gasteiger partial charge on any atom is 0.328 e. The van der Waals surface area contributed by atoms with Crippen LogP contribution in [0.25, 0.3) is 0 Å². The normalized spacial score (nSPS) is 19.4. The van der Waals surface area contributed by atoms with Crippen LogP contribution in [0.5, 0.6) is 0 Å². The van der Waals surface area contributed by atoms with Gasteiger partial charge in [0.1, 0.15) is 6.04 Å². The van der Waals surface area contributed by atoms with Crippen LogP contribution in [0.3, 0.4) is 0 Å². The highest BCUT2D eigenvalue weighted by Gasteiger charge is 2.31. The molecule has 0 radical (unpaired) electrons. The number of aliphatic imine (C=N–C) groups is 1. The summed E-state index contributed by atoms with van der Waals surface area (Å²) in [5, 5.41) is 10.4. The number of carbonyl (C=O) groups is 1. The number of aliphatic carboxylic acids is 1. The number of rotatable bonds is 3. The summed E-state index contributed by atoms with van der Waals surface area (Å²) in [5.41, 5.74) is 8.53. The van der Waals surface area contributed by atoms with E-state index in [1.165, 1.54) is 5.01 Å². The highest BCUT2D eigenvalue weighted by atomic mass is 16.4. The molecular weight excluding hydrogens is 184 g/mol. The Morgan fingerprint density at radius 2 is 2.36 bits per heavy atom. The summed E-state index contributed by atoms with van der Waals surface area (Å²) in [6.45, 7) is 4.88. The van der Waals surface area contributed by atoms with Crippen LogP contribution in [0.2, 0.25) is 0 Å². The summed E-state index contributed by atoms with van der Waals surface area (Å²) in [4.78, 5) is 15.0. The molecule has 0 bridgehead atoms. The SMILES string of the molecule is CC(C)C(C(=O)O)N1NCCN=C1N. The molecule has 1 aliphatic rings. The van der Waals surface area contributed by atoms with Crippen LogP contribution in [-0.2, 0) is 4.79 Å². The first-order valence-corrected chi connectivity index (χ1v) is 4.59. The minimum Gasteiger partial charge on any atom is -0.480 e. The topological polar surface area (TPSA) is 91.0 Å². The van der Waals surface area contributed by atoms with E-state index in [0.29, 0.717) is 13.1 Å². The summed E-state index contributed by atoms with van der Waals surface area (Å²) in [6.07, 6.45) is 0. The van der Waals surface area contributed by atoms with Crippen molar-refractivity contribution < 1.29 is 9.90 Å². The van der Waals surface area contributed by atoms with Crippen molar-refractivity contribution >= 4 is 11.9 Å². The molecule has 0 amide bonds. The Morgan fingerprint density at radius 1 is 1.71 bits per heavy atom. The lowest BCUT2D eigenvalue weighted by Gasteiger charge is -2.34. The van der Waals surface area contributed by atoms with Gasteiger partial charge in [0.15, 0.2) is 0 Å². The van der Waals surface area contributed by atoms with Gasteiger partial charge >= 0.3 is 5.97 Å². The molecule has 80 valence electrons. The molecule has 1 aliphatic heterocycles. The number of hydrogen-bond acceptors (Lipinski definition) is 5. The summed E-state index contributed by atoms with van der Waals surface area (Å²) in [5.74, 6) is -0.684. The van der Waals surface area contributed by atoms with Gasteiger partial charge in [-0.25, -0.2) is 10.2 Å². The molecule has 4 N–H and O–H groups in total. The molecule has 0 spiro atoms. The number of carboxylic acid groups (broad SMARTS) is 1. The van der Waals surface area contributed by atoms with E-state index in [9.17, 15) is 4.79 Å². The third kappa shape index (κ3) is 2.14. The Morgan fingerprint density at radius 3 is 2.79 bits per heavy atom. The second-order valence-corrected chi connectivity index (χ2v) is 3.55. The van der Waals surface area contributed by atoms with Crippen LogP contribution in [-0.4, -0.2) is 41.2 Å². The van der Waals surface area contributed by atoms with Gasteiger partial charge in [-0.3, -0.25) is 10.0 Å². The molecule has 0 aliphatic carbocycles. The third-order valence-corrected chi connectivity index (χ3v) is 2.08. The molecule has 1 atom stereocenters. The zero-order chi connectivity index (χ0) is 10.7. The first-order valence-electron chi connectivity index (χ1n) is 4.59. The Kier molecular flexibility index (Phi) is 3.29. The highest BCUT2D eigenvalue weighted by Crippen LogP contribution is 2.10. The van der Waals surface area contributed by atoms with Gasteiger partial charge in [-0.1, -0.05) is 13.8 Å². The van der Waals surface area contributed by atoms with E-state index in [2.05, 4.69) is 10.4 Å². The zero-order valence-corrected chi connectivity index (χ0v) is 8.40. The number of guanidine groups is 1. The van der Waals surface area contributed by atoms with Crippen molar-refractivity contribution in [2.45, 2.75) is 19.9 Å². The van der Waals surface area contributed by atoms with Crippen LogP contribution in [0.4, 0.5) is 0 Å². The van der Waals surface area contributed by atoms with Gasteiger partial charge in [0, 0.05) is 6.54 Å². The Hall–Kier alpha value is -1.30. The summed E-state index contributed by atoms with van der Waals surface area (Å²) < 4.78 is 0. The lowest BCUT2D eigenvalue weighted by molar-refractivity contribution is -0.144. The van der Waals surface area contributed by atoms with Gasteiger partial charge in [-0.05, 0) is 5.92 Å². The average molecular weight is 200 g/mol. The van der Waals surface area contributed by atoms with E-state index in [4.69, 9.17) is 10.8 Å². The summed E-state index contributed by atoms with van der Waals surface area (Å²) in [6, 6.07) is -0.668. The Balaban J connectivity index is 2.82. The predicted molar refractivity (Wildman–Crippen MR) is 52.6 cm³/mol. The number of nitrogens with two attached hydrogens (primary N) is 1. The first-order chi connectivity index (χ1) is 6.54. The van der Waals surface area contributed by atoms with Crippen LogP contribution in [0.1, 0.15) is 13.8 Å². The maximum atomic E-state index is 11.0. The smallest absolute Gasteiger partial charge is 0.328 e. The van der Waals surface area contributed by atoms with Crippen molar-refractivity contribution in [2.75, 3.05) is 13.1 Å². The summed E-state index contributed by atoms with van der Waals surface area (Å²) >= 11 is 0. The van der Waals surface area contributed by atoms with Crippen molar-refractivity contribution in [1.82, 2.24) is 10.4 Å². The van der Waals surface area contributed by atoms with Crippen molar-refractivity contribution in [1.29, 1.82) is 0 Å². The number of nitrogens with zero attached hydrogens (tertiary/aromatic N) is 2. The van der Waals surface area contributed by atoms with Crippen molar-refractivity contribution in [3.8, 4) is 0 Å². The second-order valence-electron chi connectivity index (χ2n) is 3.55. The standard InChI is InChI=1S/C8H16N4O2/c1-5(2)6(7(13)14)12-8(9)10-3-4-11-12/h5-6,11H,3-4H2,1-2H3,(H2,9,10)(H,13,14). The molecule has 6 heteroatoms. The molecule has 14 heavy (non-hydrogen) atoms. The largest absolute Gasteiger partial charge is 0.480 e. The molecule has 6 nitrogen and oxygen atoms in total. The van der Waals surface area contributed by atoms with E-state index in [0.717, 1.165) is 0 Å². The molecule has 1 rings (SSSR count). The quantitative estimate of drug-likeness (QED) is 0.556. The van der Waals surface area contributed by atoms with E-state index < -0.39 is 12.0 Å². The number of nitrogens with one attached hydrogen (secondary N) is 1. The van der Waals surface area contributed by atoms with Gasteiger partial charge in [-0.15, -0.1) is 0 Å². The van der Waals surface area contributed by atoms with Gasteiger partial charge < -0.3 is 10.8 Å². The lowest BCUT2D eigenvalue weighted by Crippen LogP contribution is -2.60. The molecule has 0 aromatic heterocycles. The molecule has 0 aromatic carbocycles. The fourth-order valence-electron chi connectivity index (χ4n) is 1.43. The van der Waals surface area contributed by atoms with Crippen LogP contribution in [0, 0.1) is 5.92 Å². The van der Waals surface area contributed by atoms with Crippen molar-refractivity contribution in [2.24, 2.45) is 16.6 Å². The van der Waals surface area contributed by atoms with Gasteiger partial charge in [0.25, 0.3) is 0 Å². The van der Waals surface area contributed by atoms with Crippen molar-refractivity contribution in [3.63, 3.8) is 0 Å². The predicted octanol–water partition coefficient (Wildman–Crippen LogP) is -0.769. The second kappa shape index (κ2) is 4.28. The fraction of sp³-hybridized carbons (Fsp3) is 0.750. The van der Waals surface area contributed by atoms with Crippen LogP contribution >= 0.6 is 0 Å². The molecule has 1 heterocycles. The summed E-state index contributed by atoms with van der Waals surface area (Å²) in [7, 11) is 0. The first kappa shape index (κ1) is 10.8. The zero-order valence-electron chi connectivity index (χ0n) is 8.40. The van der Waals surface area contributed by atoms with Gasteiger partial charge in [0.05, 0.1) is 6.54 Å². The van der Waals surface area contributed by atoms with Crippen molar-refractivity contribution in [3.05, 3.63) is 0 Å². The minimum absolute atomic E-state index is 0.0353. The molecule has 0 fully saturated rings. The number of carboxylic acids is 1. The molecule has 0 saturated heterocycles. The third-order valence-electron chi connectivity index (χ3n) is 2.08. The molecule has 0 saturated carbocycles. The van der Waals surface area contributed by atoms with E-state index >= 15 is 0 Å². The highest BCUT2D eigenvalue weighted by molar-refractivity contribution is 5.84. The number of hydrogen-bond donors (Lipinski definition) is 3. The van der Waals surface area contributed by atoms with E-state index in [-0.39, 0.29) is 11.9 Å². The van der Waals surface area contributed by atoms with Gasteiger partial charge in [-0.2, -0.15) is 0 Å². The van der Waals surface area contributed by atoms with Crippen LogP contribution < -0.4 is 11.2 Å². The van der Waals surface area contributed by atoms with E-state index in [1.54, 1.807) is 0 Å². The average Bonchev–Trinajstić information content (AvgIpc) is 2.07. The molecule has 1 unspecified atom stereocenters. The fourth-order valence-corrected chi connectivity index (χ4v) is 1.43. The minimum atomic E-state index is -0.896. The molecule has 0 aromatic rings. The maximum absolute atomic E-state index is 11.0. The number of hydrazine groups is 1.